The van der Waals surface area contributed by atoms with E-state index in [0.717, 1.165) is 0 Å². The summed E-state index contributed by atoms with van der Waals surface area (Å²) in [6, 6.07) is 4.55. The molecule has 1 aliphatic heterocycles. The molecule has 0 aromatic heterocycles. The maximum atomic E-state index is 11.8. The Morgan fingerprint density at radius 2 is 2.22 bits per heavy atom. The Bertz CT molecular complexity index is 490. The maximum absolute atomic E-state index is 11.8. The summed E-state index contributed by atoms with van der Waals surface area (Å²) < 4.78 is 4.76. The van der Waals surface area contributed by atoms with Crippen LogP contribution in [0.4, 0.5) is 0 Å². The lowest BCUT2D eigenvalue weighted by Gasteiger charge is -2.10. The zero-order valence-electron chi connectivity index (χ0n) is 9.41. The van der Waals surface area contributed by atoms with Crippen molar-refractivity contribution in [1.29, 1.82) is 0 Å². The molecular formula is C12H11Cl2NO3. The molecule has 1 aromatic rings. The van der Waals surface area contributed by atoms with Crippen molar-refractivity contribution in [2.75, 3.05) is 6.61 Å². The molecule has 1 heterocycles. The summed E-state index contributed by atoms with van der Waals surface area (Å²) in [5.41, 5.74) is 0.632. The molecule has 1 aromatic carbocycles. The van der Waals surface area contributed by atoms with Gasteiger partial charge in [-0.05, 0) is 11.6 Å². The van der Waals surface area contributed by atoms with Crippen LogP contribution in [0.1, 0.15) is 12.0 Å². The fraction of sp³-hybridized carbons (Fsp3) is 0.333. The van der Waals surface area contributed by atoms with E-state index in [2.05, 4.69) is 5.32 Å². The Morgan fingerprint density at radius 3 is 2.89 bits per heavy atom. The Labute approximate surface area is 114 Å². The van der Waals surface area contributed by atoms with Crippen LogP contribution in [-0.2, 0) is 20.7 Å². The number of carbonyl (C=O) groups is 2. The van der Waals surface area contributed by atoms with Crippen LogP contribution < -0.4 is 5.32 Å². The van der Waals surface area contributed by atoms with Crippen LogP contribution in [0.5, 0.6) is 0 Å². The molecule has 4 nitrogen and oxygen atoms in total. The van der Waals surface area contributed by atoms with Gasteiger partial charge in [-0.1, -0.05) is 35.3 Å². The van der Waals surface area contributed by atoms with Crippen LogP contribution in [0.2, 0.25) is 10.0 Å². The lowest BCUT2D eigenvalue weighted by atomic mass is 10.1. The van der Waals surface area contributed by atoms with Gasteiger partial charge in [0.15, 0.2) is 0 Å². The number of esters is 1. The van der Waals surface area contributed by atoms with E-state index < -0.39 is 6.04 Å². The van der Waals surface area contributed by atoms with Crippen LogP contribution >= 0.6 is 23.2 Å². The van der Waals surface area contributed by atoms with Gasteiger partial charge in [-0.2, -0.15) is 0 Å². The highest BCUT2D eigenvalue weighted by Crippen LogP contribution is 2.25. The molecular weight excluding hydrogens is 277 g/mol. The first-order chi connectivity index (χ1) is 8.58. The second-order valence-corrected chi connectivity index (χ2v) is 4.75. The molecule has 1 fully saturated rings. The molecule has 0 unspecified atom stereocenters. The summed E-state index contributed by atoms with van der Waals surface area (Å²) >= 11 is 11.8. The summed E-state index contributed by atoms with van der Waals surface area (Å²) in [5.74, 6) is -0.663. The molecule has 1 atom stereocenters. The molecule has 1 aliphatic rings. The second kappa shape index (κ2) is 5.59. The average Bonchev–Trinajstić information content (AvgIpc) is 2.71. The maximum Gasteiger partial charge on any atom is 0.328 e. The van der Waals surface area contributed by atoms with Gasteiger partial charge in [0.05, 0.1) is 23.1 Å². The van der Waals surface area contributed by atoms with Gasteiger partial charge in [0.25, 0.3) is 0 Å². The SMILES string of the molecule is O=C(Cc1cccc(Cl)c1Cl)N[C@H]1CCOC1=O. The first kappa shape index (κ1) is 13.2. The zero-order chi connectivity index (χ0) is 13.1. The molecule has 96 valence electrons. The topological polar surface area (TPSA) is 55.4 Å². The van der Waals surface area contributed by atoms with Crippen molar-refractivity contribution < 1.29 is 14.3 Å². The van der Waals surface area contributed by atoms with Crippen molar-refractivity contribution in [2.45, 2.75) is 18.9 Å². The van der Waals surface area contributed by atoms with Gasteiger partial charge in [0, 0.05) is 6.42 Å². The van der Waals surface area contributed by atoms with Crippen LogP contribution in [-0.4, -0.2) is 24.5 Å². The third-order valence-electron chi connectivity index (χ3n) is 2.65. The van der Waals surface area contributed by atoms with Crippen LogP contribution in [0.25, 0.3) is 0 Å². The standard InChI is InChI=1S/C12H11Cl2NO3/c13-8-3-1-2-7(11(8)14)6-10(16)15-9-4-5-18-12(9)17/h1-3,9H,4-6H2,(H,15,16)/t9-/m0/s1. The van der Waals surface area contributed by atoms with Gasteiger partial charge < -0.3 is 10.1 Å². The smallest absolute Gasteiger partial charge is 0.328 e. The minimum Gasteiger partial charge on any atom is -0.464 e. The average molecular weight is 288 g/mol. The van der Waals surface area contributed by atoms with E-state index >= 15 is 0 Å². The van der Waals surface area contributed by atoms with E-state index in [1.807, 2.05) is 0 Å². The number of hydrogen-bond donors (Lipinski definition) is 1. The number of carbonyl (C=O) groups excluding carboxylic acids is 2. The third kappa shape index (κ3) is 2.94. The molecule has 0 spiro atoms. The van der Waals surface area contributed by atoms with Crippen molar-refractivity contribution in [2.24, 2.45) is 0 Å². The Morgan fingerprint density at radius 1 is 1.44 bits per heavy atom. The predicted octanol–water partition coefficient (Wildman–Crippen LogP) is 1.97. The van der Waals surface area contributed by atoms with Crippen molar-refractivity contribution in [3.05, 3.63) is 33.8 Å². The van der Waals surface area contributed by atoms with E-state index in [1.165, 1.54) is 0 Å². The fourth-order valence-electron chi connectivity index (χ4n) is 1.73. The molecule has 1 saturated heterocycles. The van der Waals surface area contributed by atoms with Gasteiger partial charge in [-0.15, -0.1) is 0 Å². The second-order valence-electron chi connectivity index (χ2n) is 3.97. The molecule has 1 amide bonds. The third-order valence-corrected chi connectivity index (χ3v) is 3.51. The molecule has 0 bridgehead atoms. The summed E-state index contributed by atoms with van der Waals surface area (Å²) in [6.07, 6.45) is 0.594. The van der Waals surface area contributed by atoms with E-state index in [1.54, 1.807) is 18.2 Å². The van der Waals surface area contributed by atoms with Crippen molar-refractivity contribution >= 4 is 35.1 Å². The van der Waals surface area contributed by atoms with Gasteiger partial charge in [0.2, 0.25) is 5.91 Å². The molecule has 0 aliphatic carbocycles. The summed E-state index contributed by atoms with van der Waals surface area (Å²) in [5, 5.41) is 3.38. The lowest BCUT2D eigenvalue weighted by molar-refractivity contribution is -0.141. The molecule has 0 radical (unpaired) electrons. The van der Waals surface area contributed by atoms with Crippen molar-refractivity contribution in [1.82, 2.24) is 5.32 Å². The number of benzene rings is 1. The van der Waals surface area contributed by atoms with E-state index in [-0.39, 0.29) is 18.3 Å². The minimum absolute atomic E-state index is 0.0865. The summed E-state index contributed by atoms with van der Waals surface area (Å²) in [4.78, 5) is 23.0. The number of amides is 1. The number of hydrogen-bond acceptors (Lipinski definition) is 3. The Balaban J connectivity index is 1.99. The minimum atomic E-state index is -0.546. The number of nitrogens with one attached hydrogen (secondary N) is 1. The van der Waals surface area contributed by atoms with E-state index in [9.17, 15) is 9.59 Å². The number of ether oxygens (including phenoxy) is 1. The zero-order valence-corrected chi connectivity index (χ0v) is 10.9. The Kier molecular flexibility index (Phi) is 4.09. The molecule has 2 rings (SSSR count). The van der Waals surface area contributed by atoms with Crippen LogP contribution in [0.3, 0.4) is 0 Å². The highest BCUT2D eigenvalue weighted by molar-refractivity contribution is 6.42. The fourth-order valence-corrected chi connectivity index (χ4v) is 2.12. The normalized spacial score (nSPS) is 18.6. The first-order valence-corrected chi connectivity index (χ1v) is 6.22. The molecule has 6 heteroatoms. The molecule has 1 N–H and O–H groups in total. The van der Waals surface area contributed by atoms with Crippen molar-refractivity contribution in [3.63, 3.8) is 0 Å². The van der Waals surface area contributed by atoms with Crippen LogP contribution in [0, 0.1) is 0 Å². The number of halogens is 2. The monoisotopic (exact) mass is 287 g/mol. The quantitative estimate of drug-likeness (QED) is 0.865. The van der Waals surface area contributed by atoms with Gasteiger partial charge in [0.1, 0.15) is 6.04 Å². The van der Waals surface area contributed by atoms with E-state index in [4.69, 9.17) is 27.9 Å². The Hall–Kier alpha value is -1.26. The van der Waals surface area contributed by atoms with Gasteiger partial charge in [-0.3, -0.25) is 4.79 Å². The lowest BCUT2D eigenvalue weighted by Crippen LogP contribution is -2.38. The largest absolute Gasteiger partial charge is 0.464 e. The predicted molar refractivity (Wildman–Crippen MR) is 67.7 cm³/mol. The molecule has 0 saturated carbocycles. The summed E-state index contributed by atoms with van der Waals surface area (Å²) in [6.45, 7) is 0.349. The first-order valence-electron chi connectivity index (χ1n) is 5.47. The van der Waals surface area contributed by atoms with Crippen molar-refractivity contribution in [3.8, 4) is 0 Å². The highest BCUT2D eigenvalue weighted by atomic mass is 35.5. The van der Waals surface area contributed by atoms with Gasteiger partial charge >= 0.3 is 5.97 Å². The van der Waals surface area contributed by atoms with E-state index in [0.29, 0.717) is 28.6 Å². The van der Waals surface area contributed by atoms with Crippen LogP contribution in [0.15, 0.2) is 18.2 Å². The number of rotatable bonds is 3. The van der Waals surface area contributed by atoms with Gasteiger partial charge in [-0.25, -0.2) is 4.79 Å². The summed E-state index contributed by atoms with van der Waals surface area (Å²) in [7, 11) is 0. The highest BCUT2D eigenvalue weighted by Gasteiger charge is 2.27. The number of cyclic esters (lactones) is 1. The molecule has 18 heavy (non-hydrogen) atoms.